The van der Waals surface area contributed by atoms with E-state index in [0.717, 1.165) is 11.1 Å². The standard InChI is InChI=1S/C22H26O2/c1-19-13-21(23,17-9-5-3-6-10-17)15-20(19,2)16-22(24,14-19)18-11-7-4-8-12-18/h3-12,23-24H,13-16H2,1-2H3. The monoisotopic (exact) mass is 322 g/mol. The van der Waals surface area contributed by atoms with Crippen molar-refractivity contribution in [2.75, 3.05) is 0 Å². The molecule has 2 nitrogen and oxygen atoms in total. The first kappa shape index (κ1) is 15.9. The van der Waals surface area contributed by atoms with Crippen LogP contribution in [0.4, 0.5) is 0 Å². The van der Waals surface area contributed by atoms with Gasteiger partial charge in [0.25, 0.3) is 0 Å². The van der Waals surface area contributed by atoms with Crippen molar-refractivity contribution in [3.05, 3.63) is 71.8 Å². The van der Waals surface area contributed by atoms with E-state index in [2.05, 4.69) is 13.8 Å². The van der Waals surface area contributed by atoms with Crippen LogP contribution in [0.3, 0.4) is 0 Å². The van der Waals surface area contributed by atoms with E-state index < -0.39 is 11.2 Å². The fraction of sp³-hybridized carbons (Fsp3) is 0.455. The zero-order valence-electron chi connectivity index (χ0n) is 14.5. The Bertz CT molecular complexity index is 658. The van der Waals surface area contributed by atoms with Crippen LogP contribution >= 0.6 is 0 Å². The Hall–Kier alpha value is -1.64. The summed E-state index contributed by atoms with van der Waals surface area (Å²) in [5, 5.41) is 22.7. The summed E-state index contributed by atoms with van der Waals surface area (Å²) in [5.74, 6) is 0. The molecule has 0 bridgehead atoms. The molecule has 0 aromatic heterocycles. The first-order valence-corrected chi connectivity index (χ1v) is 8.85. The average molecular weight is 322 g/mol. The van der Waals surface area contributed by atoms with Gasteiger partial charge >= 0.3 is 0 Å². The summed E-state index contributed by atoms with van der Waals surface area (Å²) in [6.07, 6.45) is 2.82. The van der Waals surface area contributed by atoms with Crippen LogP contribution in [0, 0.1) is 10.8 Å². The summed E-state index contributed by atoms with van der Waals surface area (Å²) < 4.78 is 0. The summed E-state index contributed by atoms with van der Waals surface area (Å²) in [7, 11) is 0. The van der Waals surface area contributed by atoms with E-state index in [0.29, 0.717) is 25.7 Å². The maximum Gasteiger partial charge on any atom is 0.0907 e. The molecule has 0 atom stereocenters. The molecular formula is C22H26O2. The van der Waals surface area contributed by atoms with Gasteiger partial charge < -0.3 is 10.2 Å². The van der Waals surface area contributed by atoms with Crippen molar-refractivity contribution in [3.63, 3.8) is 0 Å². The van der Waals surface area contributed by atoms with E-state index in [9.17, 15) is 10.2 Å². The Morgan fingerprint density at radius 3 is 1.17 bits per heavy atom. The van der Waals surface area contributed by atoms with Crippen LogP contribution < -0.4 is 0 Å². The quantitative estimate of drug-likeness (QED) is 0.862. The number of rotatable bonds is 2. The minimum absolute atomic E-state index is 0.0812. The SMILES string of the molecule is CC12CC(O)(c3ccccc3)CC1(C)CC(O)(c1ccccc1)C2. The molecule has 0 aliphatic heterocycles. The molecular weight excluding hydrogens is 296 g/mol. The highest BCUT2D eigenvalue weighted by Crippen LogP contribution is 2.71. The van der Waals surface area contributed by atoms with Crippen molar-refractivity contribution < 1.29 is 10.2 Å². The molecule has 0 saturated heterocycles. The Labute approximate surface area is 144 Å². The van der Waals surface area contributed by atoms with Crippen LogP contribution in [0.25, 0.3) is 0 Å². The van der Waals surface area contributed by atoms with Gasteiger partial charge in [-0.3, -0.25) is 0 Å². The smallest absolute Gasteiger partial charge is 0.0907 e. The molecule has 0 heterocycles. The van der Waals surface area contributed by atoms with Crippen molar-refractivity contribution >= 4 is 0 Å². The first-order valence-electron chi connectivity index (χ1n) is 8.85. The molecule has 0 unspecified atom stereocenters. The molecule has 2 aromatic rings. The highest BCUT2D eigenvalue weighted by molar-refractivity contribution is 5.32. The second-order valence-electron chi connectivity index (χ2n) is 8.62. The van der Waals surface area contributed by atoms with E-state index in [1.165, 1.54) is 0 Å². The highest BCUT2D eigenvalue weighted by Gasteiger charge is 2.66. The van der Waals surface area contributed by atoms with Crippen LogP contribution in [0.1, 0.15) is 50.7 Å². The predicted octanol–water partition coefficient (Wildman–Crippen LogP) is 4.36. The molecule has 2 fully saturated rings. The molecule has 24 heavy (non-hydrogen) atoms. The highest BCUT2D eigenvalue weighted by atomic mass is 16.3. The molecule has 2 N–H and O–H groups in total. The Morgan fingerprint density at radius 1 is 0.583 bits per heavy atom. The van der Waals surface area contributed by atoms with Crippen LogP contribution in [0.5, 0.6) is 0 Å². The Morgan fingerprint density at radius 2 is 0.875 bits per heavy atom. The lowest BCUT2D eigenvalue weighted by Gasteiger charge is -2.33. The maximum atomic E-state index is 11.4. The number of fused-ring (bicyclic) bond motifs is 1. The van der Waals surface area contributed by atoms with Gasteiger partial charge in [-0.2, -0.15) is 0 Å². The molecule has 0 radical (unpaired) electrons. The normalized spacial score (nSPS) is 41.3. The lowest BCUT2D eigenvalue weighted by atomic mass is 9.71. The van der Waals surface area contributed by atoms with Gasteiger partial charge in [0, 0.05) is 0 Å². The maximum absolute atomic E-state index is 11.4. The van der Waals surface area contributed by atoms with Gasteiger partial charge in [0.1, 0.15) is 0 Å². The van der Waals surface area contributed by atoms with Crippen LogP contribution in [0.2, 0.25) is 0 Å². The van der Waals surface area contributed by atoms with Crippen molar-refractivity contribution in [1.82, 2.24) is 0 Å². The van der Waals surface area contributed by atoms with Crippen LogP contribution in [-0.2, 0) is 11.2 Å². The molecule has 126 valence electrons. The third-order valence-corrected chi connectivity index (χ3v) is 6.81. The van der Waals surface area contributed by atoms with Crippen molar-refractivity contribution in [1.29, 1.82) is 0 Å². The average Bonchev–Trinajstić information content (AvgIpc) is 2.87. The molecule has 2 aliphatic rings. The van der Waals surface area contributed by atoms with Crippen molar-refractivity contribution in [2.24, 2.45) is 10.8 Å². The van der Waals surface area contributed by atoms with Gasteiger partial charge in [-0.1, -0.05) is 74.5 Å². The summed E-state index contributed by atoms with van der Waals surface area (Å²) in [4.78, 5) is 0. The Kier molecular flexibility index (Phi) is 3.26. The topological polar surface area (TPSA) is 40.5 Å². The van der Waals surface area contributed by atoms with E-state index in [-0.39, 0.29) is 10.8 Å². The summed E-state index contributed by atoms with van der Waals surface area (Å²) in [5.41, 5.74) is 0.269. The van der Waals surface area contributed by atoms with E-state index in [1.54, 1.807) is 0 Å². The molecule has 2 heteroatoms. The molecule has 2 aliphatic carbocycles. The van der Waals surface area contributed by atoms with Gasteiger partial charge in [0.15, 0.2) is 0 Å². The summed E-state index contributed by atoms with van der Waals surface area (Å²) in [6.45, 7) is 4.49. The van der Waals surface area contributed by atoms with E-state index in [4.69, 9.17) is 0 Å². The summed E-state index contributed by atoms with van der Waals surface area (Å²) >= 11 is 0. The fourth-order valence-electron chi connectivity index (χ4n) is 5.59. The largest absolute Gasteiger partial charge is 0.385 e. The van der Waals surface area contributed by atoms with E-state index in [1.807, 2.05) is 60.7 Å². The van der Waals surface area contributed by atoms with Crippen LogP contribution in [0.15, 0.2) is 60.7 Å². The van der Waals surface area contributed by atoms with Gasteiger partial charge in [-0.25, -0.2) is 0 Å². The molecule has 4 rings (SSSR count). The first-order chi connectivity index (χ1) is 11.3. The Balaban J connectivity index is 1.69. The van der Waals surface area contributed by atoms with Crippen LogP contribution in [-0.4, -0.2) is 10.2 Å². The lowest BCUT2D eigenvalue weighted by Crippen LogP contribution is -2.29. The number of hydrogen-bond acceptors (Lipinski definition) is 2. The zero-order valence-corrected chi connectivity index (χ0v) is 14.5. The van der Waals surface area contributed by atoms with Gasteiger partial charge in [0.2, 0.25) is 0 Å². The number of benzene rings is 2. The number of aliphatic hydroxyl groups is 2. The molecule has 2 saturated carbocycles. The summed E-state index contributed by atoms with van der Waals surface area (Å²) in [6, 6.07) is 20.0. The zero-order chi connectivity index (χ0) is 17.1. The second-order valence-corrected chi connectivity index (χ2v) is 8.62. The number of hydrogen-bond donors (Lipinski definition) is 2. The van der Waals surface area contributed by atoms with E-state index >= 15 is 0 Å². The van der Waals surface area contributed by atoms with Crippen molar-refractivity contribution in [3.8, 4) is 0 Å². The van der Waals surface area contributed by atoms with Gasteiger partial charge in [0.05, 0.1) is 11.2 Å². The molecule has 2 aromatic carbocycles. The molecule has 0 amide bonds. The van der Waals surface area contributed by atoms with Gasteiger partial charge in [-0.15, -0.1) is 0 Å². The second kappa shape index (κ2) is 4.93. The third-order valence-electron chi connectivity index (χ3n) is 6.81. The molecule has 0 spiro atoms. The predicted molar refractivity (Wildman–Crippen MR) is 95.4 cm³/mol. The van der Waals surface area contributed by atoms with Gasteiger partial charge in [-0.05, 0) is 47.6 Å². The fourth-order valence-corrected chi connectivity index (χ4v) is 5.59. The third kappa shape index (κ3) is 2.17. The van der Waals surface area contributed by atoms with Crippen molar-refractivity contribution in [2.45, 2.75) is 50.7 Å². The minimum atomic E-state index is -0.789. The minimum Gasteiger partial charge on any atom is -0.385 e. The lowest BCUT2D eigenvalue weighted by molar-refractivity contribution is -0.0125.